The second kappa shape index (κ2) is 4.76. The molecule has 0 atom stereocenters. The Hall–Kier alpha value is -1.88. The Morgan fingerprint density at radius 1 is 1.38 bits per heavy atom. The zero-order valence-electron chi connectivity index (χ0n) is 8.38. The summed E-state index contributed by atoms with van der Waals surface area (Å²) in [4.78, 5) is 14.8. The summed E-state index contributed by atoms with van der Waals surface area (Å²) in [6.45, 7) is 0.649. The number of thiazole rings is 1. The van der Waals surface area contributed by atoms with E-state index < -0.39 is 5.97 Å². The van der Waals surface area contributed by atoms with Crippen LogP contribution in [0.4, 0.5) is 5.69 Å². The fraction of sp³-hybridized carbons (Fsp3) is 0.0909. The highest BCUT2D eigenvalue weighted by molar-refractivity contribution is 7.07. The van der Waals surface area contributed by atoms with Crippen molar-refractivity contribution < 1.29 is 9.90 Å². The third-order valence-electron chi connectivity index (χ3n) is 2.09. The first kappa shape index (κ1) is 10.6. The average Bonchev–Trinajstić information content (AvgIpc) is 2.80. The molecule has 1 heterocycles. The zero-order valence-corrected chi connectivity index (χ0v) is 9.20. The van der Waals surface area contributed by atoms with Crippen LogP contribution in [0.3, 0.4) is 0 Å². The normalized spacial score (nSPS) is 10.0. The Bertz CT molecular complexity index is 465. The number of aromatic nitrogens is 1. The van der Waals surface area contributed by atoms with Gasteiger partial charge in [-0.05, 0) is 24.3 Å². The molecule has 0 spiro atoms. The van der Waals surface area contributed by atoms with Crippen LogP contribution < -0.4 is 5.32 Å². The molecule has 1 aromatic carbocycles. The van der Waals surface area contributed by atoms with E-state index in [4.69, 9.17) is 5.11 Å². The molecule has 82 valence electrons. The maximum absolute atomic E-state index is 10.6. The van der Waals surface area contributed by atoms with Gasteiger partial charge in [0.15, 0.2) is 0 Å². The van der Waals surface area contributed by atoms with Crippen LogP contribution in [0.15, 0.2) is 35.2 Å². The Balaban J connectivity index is 1.98. The van der Waals surface area contributed by atoms with Gasteiger partial charge >= 0.3 is 5.97 Å². The van der Waals surface area contributed by atoms with Crippen LogP contribution in [0.25, 0.3) is 0 Å². The van der Waals surface area contributed by atoms with Crippen molar-refractivity contribution in [1.82, 2.24) is 4.98 Å². The SMILES string of the molecule is O=C(O)c1ccc(NCc2cscn2)cc1. The maximum atomic E-state index is 10.6. The standard InChI is InChI=1S/C11H10N2O2S/c14-11(15)8-1-3-9(4-2-8)12-5-10-6-16-7-13-10/h1-4,6-7,12H,5H2,(H,14,15). The van der Waals surface area contributed by atoms with E-state index in [0.717, 1.165) is 11.4 Å². The number of nitrogens with one attached hydrogen (secondary N) is 1. The van der Waals surface area contributed by atoms with Gasteiger partial charge in [0, 0.05) is 11.1 Å². The van der Waals surface area contributed by atoms with Gasteiger partial charge in [0.1, 0.15) is 0 Å². The molecule has 0 amide bonds. The van der Waals surface area contributed by atoms with Crippen molar-refractivity contribution in [2.45, 2.75) is 6.54 Å². The number of carboxylic acid groups (broad SMARTS) is 1. The smallest absolute Gasteiger partial charge is 0.335 e. The van der Waals surface area contributed by atoms with Gasteiger partial charge in [0.25, 0.3) is 0 Å². The number of aromatic carboxylic acids is 1. The lowest BCUT2D eigenvalue weighted by molar-refractivity contribution is 0.0697. The van der Waals surface area contributed by atoms with Crippen molar-refractivity contribution in [3.05, 3.63) is 46.4 Å². The zero-order chi connectivity index (χ0) is 11.4. The third-order valence-corrected chi connectivity index (χ3v) is 2.72. The summed E-state index contributed by atoms with van der Waals surface area (Å²) in [6.07, 6.45) is 0. The van der Waals surface area contributed by atoms with Gasteiger partial charge in [0.2, 0.25) is 0 Å². The minimum atomic E-state index is -0.911. The Morgan fingerprint density at radius 3 is 2.69 bits per heavy atom. The van der Waals surface area contributed by atoms with Crippen LogP contribution in [-0.4, -0.2) is 16.1 Å². The lowest BCUT2D eigenvalue weighted by Crippen LogP contribution is -2.00. The number of carboxylic acids is 1. The largest absolute Gasteiger partial charge is 0.478 e. The molecule has 2 rings (SSSR count). The highest BCUT2D eigenvalue weighted by atomic mass is 32.1. The summed E-state index contributed by atoms with van der Waals surface area (Å²) in [7, 11) is 0. The number of hydrogen-bond acceptors (Lipinski definition) is 4. The van der Waals surface area contributed by atoms with Crippen molar-refractivity contribution in [2.75, 3.05) is 5.32 Å². The van der Waals surface area contributed by atoms with Gasteiger partial charge < -0.3 is 10.4 Å². The number of hydrogen-bond donors (Lipinski definition) is 2. The Morgan fingerprint density at radius 2 is 2.12 bits per heavy atom. The highest BCUT2D eigenvalue weighted by Crippen LogP contribution is 2.11. The van der Waals surface area contributed by atoms with Crippen molar-refractivity contribution in [3.63, 3.8) is 0 Å². The quantitative estimate of drug-likeness (QED) is 0.853. The second-order valence-corrected chi connectivity index (χ2v) is 3.93. The molecule has 0 radical (unpaired) electrons. The van der Waals surface area contributed by atoms with E-state index in [2.05, 4.69) is 10.3 Å². The molecule has 0 fully saturated rings. The van der Waals surface area contributed by atoms with Crippen molar-refractivity contribution >= 4 is 23.0 Å². The molecule has 2 aromatic rings. The molecular formula is C11H10N2O2S. The van der Waals surface area contributed by atoms with Gasteiger partial charge in [-0.1, -0.05) is 0 Å². The molecule has 0 aliphatic rings. The summed E-state index contributed by atoms with van der Waals surface area (Å²) >= 11 is 1.55. The lowest BCUT2D eigenvalue weighted by Gasteiger charge is -2.04. The van der Waals surface area contributed by atoms with Crippen LogP contribution in [0.1, 0.15) is 16.1 Å². The van der Waals surface area contributed by atoms with E-state index in [1.807, 2.05) is 5.38 Å². The van der Waals surface area contributed by atoms with Crippen LogP contribution in [-0.2, 0) is 6.54 Å². The van der Waals surface area contributed by atoms with Gasteiger partial charge in [-0.25, -0.2) is 9.78 Å². The predicted molar refractivity (Wildman–Crippen MR) is 62.8 cm³/mol. The molecule has 0 bridgehead atoms. The van der Waals surface area contributed by atoms with Gasteiger partial charge in [-0.2, -0.15) is 0 Å². The summed E-state index contributed by atoms with van der Waals surface area (Å²) in [5.41, 5.74) is 3.94. The van der Waals surface area contributed by atoms with Crippen LogP contribution >= 0.6 is 11.3 Å². The number of rotatable bonds is 4. The minimum Gasteiger partial charge on any atom is -0.478 e. The number of nitrogens with zero attached hydrogens (tertiary/aromatic N) is 1. The van der Waals surface area contributed by atoms with E-state index in [9.17, 15) is 4.79 Å². The molecule has 1 aromatic heterocycles. The summed E-state index contributed by atoms with van der Waals surface area (Å²) in [5, 5.41) is 13.9. The Kier molecular flexibility index (Phi) is 3.16. The fourth-order valence-corrected chi connectivity index (χ4v) is 1.81. The van der Waals surface area contributed by atoms with Crippen LogP contribution in [0.2, 0.25) is 0 Å². The molecule has 16 heavy (non-hydrogen) atoms. The topological polar surface area (TPSA) is 62.2 Å². The maximum Gasteiger partial charge on any atom is 0.335 e. The number of carbonyl (C=O) groups is 1. The molecule has 0 saturated carbocycles. The number of anilines is 1. The molecule has 0 unspecified atom stereocenters. The molecule has 0 saturated heterocycles. The number of benzene rings is 1. The second-order valence-electron chi connectivity index (χ2n) is 3.22. The first-order valence-corrected chi connectivity index (χ1v) is 5.64. The van der Waals surface area contributed by atoms with Crippen molar-refractivity contribution in [2.24, 2.45) is 0 Å². The van der Waals surface area contributed by atoms with Gasteiger partial charge in [0.05, 0.1) is 23.3 Å². The molecule has 5 heteroatoms. The first-order valence-electron chi connectivity index (χ1n) is 4.70. The van der Waals surface area contributed by atoms with E-state index in [1.54, 1.807) is 41.1 Å². The molecule has 4 nitrogen and oxygen atoms in total. The van der Waals surface area contributed by atoms with Gasteiger partial charge in [-0.15, -0.1) is 11.3 Å². The van der Waals surface area contributed by atoms with Gasteiger partial charge in [-0.3, -0.25) is 0 Å². The van der Waals surface area contributed by atoms with Crippen molar-refractivity contribution in [1.29, 1.82) is 0 Å². The summed E-state index contributed by atoms with van der Waals surface area (Å²) < 4.78 is 0. The lowest BCUT2D eigenvalue weighted by atomic mass is 10.2. The summed E-state index contributed by atoms with van der Waals surface area (Å²) in [5.74, 6) is -0.911. The summed E-state index contributed by atoms with van der Waals surface area (Å²) in [6, 6.07) is 6.64. The fourth-order valence-electron chi connectivity index (χ4n) is 1.25. The van der Waals surface area contributed by atoms with Crippen LogP contribution in [0, 0.1) is 0 Å². The monoisotopic (exact) mass is 234 g/mol. The third kappa shape index (κ3) is 2.58. The minimum absolute atomic E-state index is 0.291. The average molecular weight is 234 g/mol. The van der Waals surface area contributed by atoms with E-state index >= 15 is 0 Å². The Labute approximate surface area is 96.6 Å². The van der Waals surface area contributed by atoms with Crippen molar-refractivity contribution in [3.8, 4) is 0 Å². The molecular weight excluding hydrogens is 224 g/mol. The first-order chi connectivity index (χ1) is 7.75. The highest BCUT2D eigenvalue weighted by Gasteiger charge is 2.01. The predicted octanol–water partition coefficient (Wildman–Crippen LogP) is 2.45. The van der Waals surface area contributed by atoms with E-state index in [1.165, 1.54) is 0 Å². The molecule has 0 aliphatic carbocycles. The van der Waals surface area contributed by atoms with E-state index in [0.29, 0.717) is 12.1 Å². The molecule has 2 N–H and O–H groups in total. The molecule has 0 aliphatic heterocycles. The van der Waals surface area contributed by atoms with E-state index in [-0.39, 0.29) is 0 Å². The van der Waals surface area contributed by atoms with Crippen LogP contribution in [0.5, 0.6) is 0 Å².